The van der Waals surface area contributed by atoms with Gasteiger partial charge in [-0.15, -0.1) is 0 Å². The Balaban J connectivity index is 1.83. The van der Waals surface area contributed by atoms with E-state index in [2.05, 4.69) is 5.16 Å². The highest BCUT2D eigenvalue weighted by Gasteiger charge is 2.62. The molecule has 0 fully saturated rings. The second-order valence-corrected chi connectivity index (χ2v) is 7.25. The molecule has 0 spiro atoms. The van der Waals surface area contributed by atoms with Crippen LogP contribution >= 0.6 is 23.2 Å². The number of nitrogens with zero attached hydrogens (tertiary/aromatic N) is 2. The molecule has 4 rings (SSSR count). The maximum absolute atomic E-state index is 14.1. The van der Waals surface area contributed by atoms with Crippen LogP contribution in [0.4, 0.5) is 17.6 Å². The van der Waals surface area contributed by atoms with Crippen molar-refractivity contribution in [2.75, 3.05) is 0 Å². The topological polar surface area (TPSA) is 43.1 Å². The minimum absolute atomic E-state index is 0.00227. The molecule has 150 valence electrons. The zero-order valence-electron chi connectivity index (χ0n) is 14.3. The van der Waals surface area contributed by atoms with Gasteiger partial charge in [0.25, 0.3) is 5.60 Å². The summed E-state index contributed by atoms with van der Waals surface area (Å²) in [7, 11) is 0. The Kier molecular flexibility index (Phi) is 4.59. The van der Waals surface area contributed by atoms with Gasteiger partial charge in [-0.1, -0.05) is 28.4 Å². The van der Waals surface area contributed by atoms with Gasteiger partial charge >= 0.3 is 6.18 Å². The largest absolute Gasteiger partial charge is 0.435 e. The minimum atomic E-state index is -4.90. The number of hydrogen-bond acceptors (Lipinski definition) is 3. The van der Waals surface area contributed by atoms with Crippen molar-refractivity contribution in [3.8, 4) is 0 Å². The lowest BCUT2D eigenvalue weighted by Crippen LogP contribution is -2.42. The third-order valence-corrected chi connectivity index (χ3v) is 5.33. The van der Waals surface area contributed by atoms with Crippen LogP contribution in [0.15, 0.2) is 47.8 Å². The second kappa shape index (κ2) is 6.74. The molecule has 1 aliphatic heterocycles. The highest BCUT2D eigenvalue weighted by molar-refractivity contribution is 6.35. The van der Waals surface area contributed by atoms with Gasteiger partial charge in [0.05, 0.1) is 27.7 Å². The van der Waals surface area contributed by atoms with Crippen molar-refractivity contribution >= 4 is 40.7 Å². The van der Waals surface area contributed by atoms with E-state index < -0.39 is 39.6 Å². The first-order valence-electron chi connectivity index (χ1n) is 8.20. The van der Waals surface area contributed by atoms with Crippen molar-refractivity contribution in [1.82, 2.24) is 4.40 Å². The molecule has 1 aromatic carbocycles. The van der Waals surface area contributed by atoms with Crippen LogP contribution in [-0.2, 0) is 10.4 Å². The molecule has 3 heterocycles. The Morgan fingerprint density at radius 3 is 2.48 bits per heavy atom. The molecular formula is C19H10Cl2F4N2O2. The average Bonchev–Trinajstić information content (AvgIpc) is 3.32. The summed E-state index contributed by atoms with van der Waals surface area (Å²) < 4.78 is 57.6. The van der Waals surface area contributed by atoms with Crippen molar-refractivity contribution in [2.24, 2.45) is 5.16 Å². The molecule has 1 unspecified atom stereocenters. The molecule has 4 nitrogen and oxygen atoms in total. The van der Waals surface area contributed by atoms with E-state index in [0.717, 1.165) is 12.1 Å². The van der Waals surface area contributed by atoms with Gasteiger partial charge in [-0.05, 0) is 36.4 Å². The molecule has 0 N–H and O–H groups in total. The SMILES string of the molecule is O=Cc1ccc(C2=NOC(c3cc(Cl)c(F)c(Cl)c3)(C(F)(F)F)C2)n2cccc12. The van der Waals surface area contributed by atoms with E-state index in [4.69, 9.17) is 28.0 Å². The van der Waals surface area contributed by atoms with Crippen LogP contribution in [0.25, 0.3) is 5.52 Å². The van der Waals surface area contributed by atoms with Gasteiger partial charge in [0.15, 0.2) is 12.1 Å². The smallest absolute Gasteiger partial charge is 0.374 e. The molecule has 29 heavy (non-hydrogen) atoms. The normalized spacial score (nSPS) is 19.3. The van der Waals surface area contributed by atoms with Gasteiger partial charge in [0.1, 0.15) is 5.71 Å². The molecular weight excluding hydrogens is 435 g/mol. The molecule has 0 saturated carbocycles. The summed E-state index contributed by atoms with van der Waals surface area (Å²) in [5.74, 6) is -1.02. The lowest BCUT2D eigenvalue weighted by Gasteiger charge is -2.29. The fourth-order valence-corrected chi connectivity index (χ4v) is 3.81. The number of oxime groups is 1. The first-order valence-corrected chi connectivity index (χ1v) is 8.96. The van der Waals surface area contributed by atoms with Crippen molar-refractivity contribution in [3.63, 3.8) is 0 Å². The highest BCUT2D eigenvalue weighted by atomic mass is 35.5. The maximum Gasteiger partial charge on any atom is 0.435 e. The van der Waals surface area contributed by atoms with Crippen molar-refractivity contribution < 1.29 is 27.2 Å². The Morgan fingerprint density at radius 1 is 1.17 bits per heavy atom. The molecule has 0 aliphatic carbocycles. The van der Waals surface area contributed by atoms with Crippen molar-refractivity contribution in [1.29, 1.82) is 0 Å². The number of carbonyl (C=O) groups is 1. The Bertz CT molecular complexity index is 1150. The number of aromatic nitrogens is 1. The quantitative estimate of drug-likeness (QED) is 0.292. The predicted octanol–water partition coefficient (Wildman–Crippen LogP) is 5.78. The van der Waals surface area contributed by atoms with E-state index in [1.165, 1.54) is 12.1 Å². The van der Waals surface area contributed by atoms with E-state index in [0.29, 0.717) is 23.1 Å². The van der Waals surface area contributed by atoms with Gasteiger partial charge in [-0.2, -0.15) is 13.2 Å². The number of fused-ring (bicyclic) bond motifs is 1. The third-order valence-electron chi connectivity index (χ3n) is 4.78. The number of benzene rings is 1. The van der Waals surface area contributed by atoms with E-state index in [1.54, 1.807) is 22.7 Å². The molecule has 1 atom stereocenters. The van der Waals surface area contributed by atoms with Crippen LogP contribution < -0.4 is 0 Å². The van der Waals surface area contributed by atoms with Gasteiger partial charge in [-0.25, -0.2) is 4.39 Å². The standard InChI is InChI=1S/C19H10Cl2F4N2O2/c20-12-6-11(7-13(21)17(12)22)18(19(23,24)25)8-14(26-29-18)16-4-3-10(9-28)15-2-1-5-27(15)16/h1-7,9H,8H2. The van der Waals surface area contributed by atoms with E-state index in [9.17, 15) is 22.4 Å². The summed E-state index contributed by atoms with van der Waals surface area (Å²) in [6.07, 6.45) is -3.35. The first kappa shape index (κ1) is 19.7. The Labute approximate surface area is 171 Å². The molecule has 3 aromatic rings. The number of hydrogen-bond donors (Lipinski definition) is 0. The summed E-state index contributed by atoms with van der Waals surface area (Å²) >= 11 is 11.4. The lowest BCUT2D eigenvalue weighted by atomic mass is 9.87. The molecule has 0 saturated heterocycles. The first-order chi connectivity index (χ1) is 13.7. The number of carbonyl (C=O) groups excluding carboxylic acids is 1. The van der Waals surface area contributed by atoms with E-state index >= 15 is 0 Å². The fraction of sp³-hybridized carbons (Fsp3) is 0.158. The van der Waals surface area contributed by atoms with Crippen molar-refractivity contribution in [2.45, 2.75) is 18.2 Å². The van der Waals surface area contributed by atoms with Crippen LogP contribution in [0, 0.1) is 5.82 Å². The number of aldehydes is 1. The predicted molar refractivity (Wildman–Crippen MR) is 99.2 cm³/mol. The van der Waals surface area contributed by atoms with Crippen LogP contribution in [0.1, 0.15) is 28.0 Å². The van der Waals surface area contributed by atoms with Gasteiger partial charge < -0.3 is 9.24 Å². The zero-order chi connectivity index (χ0) is 21.0. The van der Waals surface area contributed by atoms with Crippen LogP contribution in [0.3, 0.4) is 0 Å². The monoisotopic (exact) mass is 444 g/mol. The summed E-state index contributed by atoms with van der Waals surface area (Å²) in [5, 5.41) is 2.56. The summed E-state index contributed by atoms with van der Waals surface area (Å²) in [4.78, 5) is 16.1. The van der Waals surface area contributed by atoms with Crippen LogP contribution in [0.2, 0.25) is 10.0 Å². The zero-order valence-corrected chi connectivity index (χ0v) is 15.8. The average molecular weight is 445 g/mol. The maximum atomic E-state index is 14.1. The molecule has 0 radical (unpaired) electrons. The summed E-state index contributed by atoms with van der Waals surface area (Å²) in [6, 6.07) is 7.93. The Morgan fingerprint density at radius 2 is 1.86 bits per heavy atom. The van der Waals surface area contributed by atoms with Crippen molar-refractivity contribution in [3.05, 3.63) is 75.3 Å². The molecule has 2 aromatic heterocycles. The Hall–Kier alpha value is -2.58. The minimum Gasteiger partial charge on any atom is -0.374 e. The van der Waals surface area contributed by atoms with Gasteiger partial charge in [-0.3, -0.25) is 4.79 Å². The molecule has 10 heteroatoms. The molecule has 0 bridgehead atoms. The van der Waals surface area contributed by atoms with Gasteiger partial charge in [0, 0.05) is 17.3 Å². The number of rotatable bonds is 3. The van der Waals surface area contributed by atoms with Crippen LogP contribution in [0.5, 0.6) is 0 Å². The van der Waals surface area contributed by atoms with Gasteiger partial charge in [0.2, 0.25) is 0 Å². The lowest BCUT2D eigenvalue weighted by molar-refractivity contribution is -0.275. The summed E-state index contributed by atoms with van der Waals surface area (Å²) in [5.41, 5.74) is -2.14. The third kappa shape index (κ3) is 2.98. The summed E-state index contributed by atoms with van der Waals surface area (Å²) in [6.45, 7) is 0. The van der Waals surface area contributed by atoms with E-state index in [1.807, 2.05) is 0 Å². The number of pyridine rings is 1. The number of alkyl halides is 3. The number of halogens is 6. The second-order valence-electron chi connectivity index (χ2n) is 6.44. The van der Waals surface area contributed by atoms with Crippen LogP contribution in [-0.4, -0.2) is 22.6 Å². The fourth-order valence-electron chi connectivity index (χ4n) is 3.33. The molecule has 0 amide bonds. The van der Waals surface area contributed by atoms with E-state index in [-0.39, 0.29) is 5.71 Å². The highest BCUT2D eigenvalue weighted by Crippen LogP contribution is 2.50. The molecule has 1 aliphatic rings.